The van der Waals surface area contributed by atoms with Gasteiger partial charge in [0.05, 0.1) is 24.6 Å². The molecule has 0 atom stereocenters. The van der Waals surface area contributed by atoms with Gasteiger partial charge in [-0.15, -0.1) is 0 Å². The monoisotopic (exact) mass is 493 g/mol. The number of halogens is 1. The summed E-state index contributed by atoms with van der Waals surface area (Å²) in [6.07, 6.45) is 3.28. The number of hydrogen-bond acceptors (Lipinski definition) is 6. The van der Waals surface area contributed by atoms with E-state index < -0.39 is 10.0 Å². The Hall–Kier alpha value is -3.60. The molecule has 0 amide bonds. The number of para-hydroxylation sites is 1. The molecule has 3 heterocycles. The van der Waals surface area contributed by atoms with E-state index in [2.05, 4.69) is 10.3 Å². The lowest BCUT2D eigenvalue weighted by Gasteiger charge is -2.25. The van der Waals surface area contributed by atoms with Crippen LogP contribution in [0.4, 0.5) is 10.2 Å². The van der Waals surface area contributed by atoms with Crippen molar-refractivity contribution >= 4 is 15.8 Å². The lowest BCUT2D eigenvalue weighted by atomic mass is 10.1. The fraction of sp³-hybridized carbons (Fsp3) is 0.200. The highest BCUT2D eigenvalue weighted by Crippen LogP contribution is 2.25. The molecule has 180 valence electrons. The van der Waals surface area contributed by atoms with Crippen LogP contribution in [0.15, 0.2) is 84.0 Å². The van der Waals surface area contributed by atoms with Crippen LogP contribution in [0.25, 0.3) is 16.9 Å². The Balaban J connectivity index is 1.37. The van der Waals surface area contributed by atoms with Gasteiger partial charge in [0.15, 0.2) is 0 Å². The summed E-state index contributed by atoms with van der Waals surface area (Å²) in [5.74, 6) is 0.218. The van der Waals surface area contributed by atoms with E-state index in [4.69, 9.17) is 9.84 Å². The minimum absolute atomic E-state index is 0.147. The SMILES string of the molecule is O=S(=O)(c1ccc(NCc2cn(-c3ccccc3)nc2-c2ccc(F)cc2)nc1)N1CCOCC1. The second-order valence-electron chi connectivity index (χ2n) is 8.04. The maximum absolute atomic E-state index is 13.5. The van der Waals surface area contributed by atoms with E-state index in [1.165, 1.54) is 22.6 Å². The predicted molar refractivity (Wildman–Crippen MR) is 130 cm³/mol. The number of nitrogens with zero attached hydrogens (tertiary/aromatic N) is 4. The summed E-state index contributed by atoms with van der Waals surface area (Å²) >= 11 is 0. The molecule has 8 nitrogen and oxygen atoms in total. The zero-order chi connectivity index (χ0) is 24.3. The number of morpholine rings is 1. The largest absolute Gasteiger partial charge is 0.379 e. The first-order chi connectivity index (χ1) is 17.0. The lowest BCUT2D eigenvalue weighted by Crippen LogP contribution is -2.40. The third-order valence-electron chi connectivity index (χ3n) is 5.73. The molecule has 2 aromatic heterocycles. The molecule has 35 heavy (non-hydrogen) atoms. The number of rotatable bonds is 7. The van der Waals surface area contributed by atoms with Gasteiger partial charge in [0.2, 0.25) is 10.0 Å². The summed E-state index contributed by atoms with van der Waals surface area (Å²) < 4.78 is 47.5. The van der Waals surface area contributed by atoms with Crippen molar-refractivity contribution in [2.75, 3.05) is 31.6 Å². The molecular formula is C25H24FN5O3S. The number of benzene rings is 2. The van der Waals surface area contributed by atoms with Gasteiger partial charge in [0.25, 0.3) is 0 Å². The van der Waals surface area contributed by atoms with Gasteiger partial charge in [-0.2, -0.15) is 9.40 Å². The molecule has 4 aromatic rings. The van der Waals surface area contributed by atoms with Crippen molar-refractivity contribution in [1.82, 2.24) is 19.1 Å². The highest BCUT2D eigenvalue weighted by molar-refractivity contribution is 7.89. The minimum atomic E-state index is -3.60. The van der Waals surface area contributed by atoms with Crippen LogP contribution >= 0.6 is 0 Å². The predicted octanol–water partition coefficient (Wildman–Crippen LogP) is 3.71. The molecule has 1 N–H and O–H groups in total. The van der Waals surface area contributed by atoms with Crippen LogP contribution in [-0.4, -0.2) is 53.8 Å². The maximum Gasteiger partial charge on any atom is 0.244 e. The Bertz CT molecular complexity index is 1390. The van der Waals surface area contributed by atoms with Gasteiger partial charge in [-0.3, -0.25) is 0 Å². The number of hydrogen-bond donors (Lipinski definition) is 1. The summed E-state index contributed by atoms with van der Waals surface area (Å²) in [5, 5.41) is 7.97. The standard InChI is InChI=1S/C25H24FN5O3S/c26-21-8-6-19(7-9-21)25-20(18-31(29-25)22-4-2-1-3-5-22)16-27-24-11-10-23(17-28-24)35(32,33)30-12-14-34-15-13-30/h1-11,17-18H,12-16H2,(H,27,28). The summed E-state index contributed by atoms with van der Waals surface area (Å²) in [4.78, 5) is 4.46. The van der Waals surface area contributed by atoms with Gasteiger partial charge in [0, 0.05) is 43.2 Å². The molecule has 0 unspecified atom stereocenters. The molecule has 0 saturated carbocycles. The van der Waals surface area contributed by atoms with Crippen LogP contribution in [-0.2, 0) is 21.3 Å². The molecule has 10 heteroatoms. The quantitative estimate of drug-likeness (QED) is 0.422. The smallest absolute Gasteiger partial charge is 0.244 e. The Kier molecular flexibility index (Phi) is 6.58. The molecule has 0 bridgehead atoms. The van der Waals surface area contributed by atoms with Gasteiger partial charge < -0.3 is 10.1 Å². The number of pyridine rings is 1. The number of anilines is 1. The molecule has 1 aliphatic rings. The molecule has 0 radical (unpaired) electrons. The molecule has 1 saturated heterocycles. The van der Waals surface area contributed by atoms with E-state index in [-0.39, 0.29) is 10.7 Å². The average molecular weight is 494 g/mol. The fourth-order valence-electron chi connectivity index (χ4n) is 3.86. The van der Waals surface area contributed by atoms with Crippen molar-refractivity contribution in [2.45, 2.75) is 11.4 Å². The first-order valence-corrected chi connectivity index (χ1v) is 12.6. The molecule has 2 aromatic carbocycles. The van der Waals surface area contributed by atoms with Gasteiger partial charge in [0.1, 0.15) is 16.5 Å². The van der Waals surface area contributed by atoms with Crippen molar-refractivity contribution < 1.29 is 17.5 Å². The number of nitrogens with one attached hydrogen (secondary N) is 1. The average Bonchev–Trinajstić information content (AvgIpc) is 3.33. The Morgan fingerprint density at radius 1 is 0.971 bits per heavy atom. The second-order valence-corrected chi connectivity index (χ2v) is 9.98. The summed E-state index contributed by atoms with van der Waals surface area (Å²) in [6, 6.07) is 19.1. The maximum atomic E-state index is 13.5. The highest BCUT2D eigenvalue weighted by atomic mass is 32.2. The number of ether oxygens (including phenoxy) is 1. The van der Waals surface area contributed by atoms with Crippen molar-refractivity contribution in [2.24, 2.45) is 0 Å². The van der Waals surface area contributed by atoms with Gasteiger partial charge in [-0.25, -0.2) is 22.5 Å². The van der Waals surface area contributed by atoms with E-state index in [1.807, 2.05) is 36.5 Å². The minimum Gasteiger partial charge on any atom is -0.379 e. The van der Waals surface area contributed by atoms with Crippen LogP contribution in [0, 0.1) is 5.82 Å². The second kappa shape index (κ2) is 9.95. The topological polar surface area (TPSA) is 89.3 Å². The van der Waals surface area contributed by atoms with E-state index in [1.54, 1.807) is 28.9 Å². The molecular weight excluding hydrogens is 469 g/mol. The van der Waals surface area contributed by atoms with Crippen LogP contribution in [0.1, 0.15) is 5.56 Å². The van der Waals surface area contributed by atoms with E-state index >= 15 is 0 Å². The van der Waals surface area contributed by atoms with Gasteiger partial charge in [-0.1, -0.05) is 18.2 Å². The zero-order valence-electron chi connectivity index (χ0n) is 18.8. The van der Waals surface area contributed by atoms with Crippen molar-refractivity contribution in [3.05, 3.63) is 90.5 Å². The van der Waals surface area contributed by atoms with E-state index in [0.717, 1.165) is 16.8 Å². The van der Waals surface area contributed by atoms with Crippen molar-refractivity contribution in [3.8, 4) is 16.9 Å². The molecule has 0 aliphatic carbocycles. The van der Waals surface area contributed by atoms with Crippen LogP contribution < -0.4 is 5.32 Å². The Labute approximate surface area is 203 Å². The lowest BCUT2D eigenvalue weighted by molar-refractivity contribution is 0.0730. The molecule has 1 aliphatic heterocycles. The third kappa shape index (κ3) is 5.09. The summed E-state index contributed by atoms with van der Waals surface area (Å²) in [6.45, 7) is 1.83. The first kappa shape index (κ1) is 23.2. The molecule has 0 spiro atoms. The normalized spacial score (nSPS) is 14.7. The third-order valence-corrected chi connectivity index (χ3v) is 7.61. The van der Waals surface area contributed by atoms with Gasteiger partial charge >= 0.3 is 0 Å². The Morgan fingerprint density at radius 2 is 1.71 bits per heavy atom. The summed E-state index contributed by atoms with van der Waals surface area (Å²) in [5.41, 5.74) is 3.29. The number of aromatic nitrogens is 3. The fourth-order valence-corrected chi connectivity index (χ4v) is 5.22. The highest BCUT2D eigenvalue weighted by Gasteiger charge is 2.26. The molecule has 1 fully saturated rings. The van der Waals surface area contributed by atoms with Crippen LogP contribution in [0.2, 0.25) is 0 Å². The van der Waals surface area contributed by atoms with Crippen molar-refractivity contribution in [1.29, 1.82) is 0 Å². The van der Waals surface area contributed by atoms with Crippen molar-refractivity contribution in [3.63, 3.8) is 0 Å². The zero-order valence-corrected chi connectivity index (χ0v) is 19.7. The number of sulfonamides is 1. The molecule has 5 rings (SSSR count). The van der Waals surface area contributed by atoms with E-state index in [0.29, 0.717) is 44.4 Å². The first-order valence-electron chi connectivity index (χ1n) is 11.2. The van der Waals surface area contributed by atoms with Crippen LogP contribution in [0.5, 0.6) is 0 Å². The Morgan fingerprint density at radius 3 is 2.40 bits per heavy atom. The van der Waals surface area contributed by atoms with Crippen LogP contribution in [0.3, 0.4) is 0 Å². The van der Waals surface area contributed by atoms with E-state index in [9.17, 15) is 12.8 Å². The summed E-state index contributed by atoms with van der Waals surface area (Å²) in [7, 11) is -3.60. The van der Waals surface area contributed by atoms with Gasteiger partial charge in [-0.05, 0) is 48.5 Å².